The third kappa shape index (κ3) is 3.86. The smallest absolute Gasteiger partial charge is 0.318 e. The maximum atomic E-state index is 11.9. The van der Waals surface area contributed by atoms with Gasteiger partial charge in [-0.15, -0.1) is 0 Å². The van der Waals surface area contributed by atoms with Crippen molar-refractivity contribution >= 4 is 22.5 Å². The standard InChI is InChI=1S/C15H9N5O4.K/c1-2-16-14-15(22)18-11-7-12(19-5-3-9(21)4-6-19)13(20(23)24)8-10(11)17-14;/h1,3-8H,(H,16,17)(H,18,22);/q;+1. The molecule has 0 aliphatic carbocycles. The summed E-state index contributed by atoms with van der Waals surface area (Å²) in [4.78, 5) is 40.4. The van der Waals surface area contributed by atoms with Gasteiger partial charge in [-0.3, -0.25) is 25.0 Å². The number of nitrogens with zero attached hydrogens (tertiary/aromatic N) is 3. The van der Waals surface area contributed by atoms with E-state index >= 15 is 0 Å². The van der Waals surface area contributed by atoms with Crippen LogP contribution in [0.4, 0.5) is 11.5 Å². The Kier molecular flexibility index (Phi) is 5.88. The zero-order chi connectivity index (χ0) is 17.3. The predicted molar refractivity (Wildman–Crippen MR) is 87.1 cm³/mol. The topological polar surface area (TPSA) is 123 Å². The molecule has 0 fully saturated rings. The van der Waals surface area contributed by atoms with Gasteiger partial charge in [-0.05, 0) is 6.07 Å². The second-order valence-electron chi connectivity index (χ2n) is 4.74. The molecule has 2 heterocycles. The van der Waals surface area contributed by atoms with Crippen molar-refractivity contribution in [3.05, 3.63) is 67.4 Å². The summed E-state index contributed by atoms with van der Waals surface area (Å²) in [6.45, 7) is 0. The van der Waals surface area contributed by atoms with Crippen molar-refractivity contribution < 1.29 is 56.3 Å². The number of nitro groups is 1. The molecular weight excluding hydrogens is 353 g/mol. The first-order valence-electron chi connectivity index (χ1n) is 6.62. The van der Waals surface area contributed by atoms with Gasteiger partial charge < -0.3 is 9.55 Å². The van der Waals surface area contributed by atoms with Gasteiger partial charge >= 0.3 is 51.4 Å². The van der Waals surface area contributed by atoms with E-state index in [9.17, 15) is 19.7 Å². The van der Waals surface area contributed by atoms with Crippen LogP contribution in [0.2, 0.25) is 0 Å². The van der Waals surface area contributed by atoms with Crippen LogP contribution in [0.15, 0.2) is 46.2 Å². The van der Waals surface area contributed by atoms with E-state index in [0.717, 1.165) is 0 Å². The van der Waals surface area contributed by atoms with E-state index in [1.165, 1.54) is 41.2 Å². The summed E-state index contributed by atoms with van der Waals surface area (Å²) in [5, 5.41) is 13.7. The molecule has 0 bridgehead atoms. The van der Waals surface area contributed by atoms with Crippen molar-refractivity contribution in [1.82, 2.24) is 14.5 Å². The van der Waals surface area contributed by atoms with Crippen LogP contribution in [0, 0.1) is 22.6 Å². The summed E-state index contributed by atoms with van der Waals surface area (Å²) in [6.07, 6.45) is 7.87. The van der Waals surface area contributed by atoms with E-state index in [1.807, 2.05) is 0 Å². The first kappa shape index (κ1) is 19.0. The minimum atomic E-state index is -0.575. The number of hydrogen-bond donors (Lipinski definition) is 2. The second kappa shape index (κ2) is 7.73. The monoisotopic (exact) mass is 362 g/mol. The van der Waals surface area contributed by atoms with E-state index in [0.29, 0.717) is 5.52 Å². The van der Waals surface area contributed by atoms with Crippen LogP contribution in [0.3, 0.4) is 0 Å². The fraction of sp³-hybridized carbons (Fsp3) is 0. The minimum Gasteiger partial charge on any atom is -0.318 e. The van der Waals surface area contributed by atoms with Crippen molar-refractivity contribution in [3.63, 3.8) is 0 Å². The minimum absolute atomic E-state index is 0. The number of nitro benzene ring substituents is 1. The quantitative estimate of drug-likeness (QED) is 0.182. The van der Waals surface area contributed by atoms with Crippen molar-refractivity contribution in [2.75, 3.05) is 5.32 Å². The number of terminal acetylenes is 1. The van der Waals surface area contributed by atoms with E-state index in [4.69, 9.17) is 6.42 Å². The van der Waals surface area contributed by atoms with Gasteiger partial charge in [0.2, 0.25) is 5.82 Å². The first-order valence-corrected chi connectivity index (χ1v) is 6.62. The van der Waals surface area contributed by atoms with E-state index in [1.54, 1.807) is 0 Å². The Labute approximate surface area is 182 Å². The summed E-state index contributed by atoms with van der Waals surface area (Å²) < 4.78 is 1.41. The molecule has 0 spiro atoms. The van der Waals surface area contributed by atoms with Crippen LogP contribution in [-0.4, -0.2) is 19.5 Å². The number of hydrogen-bond acceptors (Lipinski definition) is 6. The largest absolute Gasteiger partial charge is 1.00 e. The fourth-order valence-electron chi connectivity index (χ4n) is 2.19. The Bertz CT molecular complexity index is 1110. The van der Waals surface area contributed by atoms with Gasteiger partial charge in [-0.1, -0.05) is 6.42 Å². The maximum absolute atomic E-state index is 11.9. The molecule has 10 heteroatoms. The average molecular weight is 362 g/mol. The van der Waals surface area contributed by atoms with Crippen molar-refractivity contribution in [1.29, 1.82) is 0 Å². The Balaban J connectivity index is 0.00000225. The van der Waals surface area contributed by atoms with Crippen LogP contribution in [0.1, 0.15) is 0 Å². The van der Waals surface area contributed by atoms with Crippen LogP contribution >= 0.6 is 0 Å². The van der Waals surface area contributed by atoms with Gasteiger partial charge in [-0.2, -0.15) is 0 Å². The van der Waals surface area contributed by atoms with E-state index in [2.05, 4.69) is 21.3 Å². The number of aromatic amines is 1. The van der Waals surface area contributed by atoms with E-state index < -0.39 is 10.5 Å². The van der Waals surface area contributed by atoms with Crippen LogP contribution < -0.4 is 67.7 Å². The molecule has 0 aliphatic heterocycles. The third-order valence-corrected chi connectivity index (χ3v) is 3.25. The van der Waals surface area contributed by atoms with E-state index in [-0.39, 0.29) is 79.5 Å². The summed E-state index contributed by atoms with van der Waals surface area (Å²) in [6, 6.07) is 7.25. The van der Waals surface area contributed by atoms with Gasteiger partial charge in [0, 0.05) is 36.6 Å². The van der Waals surface area contributed by atoms with Crippen molar-refractivity contribution in [2.45, 2.75) is 0 Å². The summed E-state index contributed by atoms with van der Waals surface area (Å²) in [5.41, 5.74) is -0.347. The molecule has 0 amide bonds. The Morgan fingerprint density at radius 2 is 1.96 bits per heavy atom. The third-order valence-electron chi connectivity index (χ3n) is 3.25. The zero-order valence-electron chi connectivity index (χ0n) is 13.0. The van der Waals surface area contributed by atoms with Gasteiger partial charge in [0.25, 0.3) is 11.2 Å². The van der Waals surface area contributed by atoms with Crippen molar-refractivity contribution in [2.24, 2.45) is 0 Å². The molecule has 0 aliphatic rings. The summed E-state index contributed by atoms with van der Waals surface area (Å²) in [5.74, 6) is -0.129. The first-order chi connectivity index (χ1) is 11.5. The van der Waals surface area contributed by atoms with Crippen molar-refractivity contribution in [3.8, 4) is 18.2 Å². The predicted octanol–water partition coefficient (Wildman–Crippen LogP) is -2.01. The molecule has 0 saturated heterocycles. The maximum Gasteiger partial charge on any atom is 1.00 e. The molecular formula is C15H9KN5O4+. The molecule has 3 aromatic rings. The molecule has 9 nitrogen and oxygen atoms in total. The number of pyridine rings is 1. The van der Waals surface area contributed by atoms with Crippen LogP contribution in [0.5, 0.6) is 0 Å². The molecule has 118 valence electrons. The molecule has 0 unspecified atom stereocenters. The Morgan fingerprint density at radius 3 is 2.56 bits per heavy atom. The molecule has 0 atom stereocenters. The van der Waals surface area contributed by atoms with Gasteiger partial charge in [0.05, 0.1) is 16.0 Å². The fourth-order valence-corrected chi connectivity index (χ4v) is 2.19. The number of benzene rings is 1. The molecule has 3 rings (SSSR count). The Morgan fingerprint density at radius 1 is 1.28 bits per heavy atom. The molecule has 2 aromatic heterocycles. The molecule has 1 aromatic carbocycles. The average Bonchev–Trinajstić information content (AvgIpc) is 2.55. The zero-order valence-corrected chi connectivity index (χ0v) is 16.1. The SMILES string of the molecule is C#CNc1nc2cc([N+](=O)[O-])c(-n3ccc(=O)cc3)cc2[nH]c1=O.[K+]. The number of H-pyrrole nitrogens is 1. The van der Waals surface area contributed by atoms with Crippen LogP contribution in [0.25, 0.3) is 16.7 Å². The molecule has 0 radical (unpaired) electrons. The summed E-state index contributed by atoms with van der Waals surface area (Å²) >= 11 is 0. The summed E-state index contributed by atoms with van der Waals surface area (Å²) in [7, 11) is 0. The number of nitrogens with one attached hydrogen (secondary N) is 2. The number of rotatable bonds is 3. The number of anilines is 1. The van der Waals surface area contributed by atoms with Gasteiger partial charge in [0.15, 0.2) is 5.43 Å². The molecule has 25 heavy (non-hydrogen) atoms. The molecule has 2 N–H and O–H groups in total. The van der Waals surface area contributed by atoms with Gasteiger partial charge in [-0.25, -0.2) is 4.98 Å². The molecule has 0 saturated carbocycles. The Hall–Kier alpha value is -2.29. The second-order valence-corrected chi connectivity index (χ2v) is 4.74. The van der Waals surface area contributed by atoms with Gasteiger partial charge in [0.1, 0.15) is 5.69 Å². The number of fused-ring (bicyclic) bond motifs is 1. The normalized spacial score (nSPS) is 9.88. The van der Waals surface area contributed by atoms with Crippen LogP contribution in [-0.2, 0) is 0 Å². The number of aromatic nitrogens is 3.